The first-order valence-electron chi connectivity index (χ1n) is 9.13. The molecule has 0 aliphatic carbocycles. The Kier molecular flexibility index (Phi) is 6.81. The highest BCUT2D eigenvalue weighted by Crippen LogP contribution is 2.20. The Morgan fingerprint density at radius 3 is 2.46 bits per heavy atom. The Hall–Kier alpha value is -2.67. The molecule has 0 radical (unpaired) electrons. The Bertz CT molecular complexity index is 923. The quantitative estimate of drug-likeness (QED) is 0.588. The van der Waals surface area contributed by atoms with Crippen molar-refractivity contribution in [2.45, 2.75) is 31.3 Å². The van der Waals surface area contributed by atoms with Crippen LogP contribution in [-0.4, -0.2) is 33.5 Å². The molecule has 3 rings (SSSR count). The molecule has 146 valence electrons. The first-order chi connectivity index (χ1) is 13.6. The topological polar surface area (TPSA) is 59.8 Å². The summed E-state index contributed by atoms with van der Waals surface area (Å²) in [7, 11) is 0. The maximum atomic E-state index is 13.2. The molecule has 28 heavy (non-hydrogen) atoms. The van der Waals surface area contributed by atoms with Crippen molar-refractivity contribution in [2.75, 3.05) is 12.8 Å². The lowest BCUT2D eigenvalue weighted by Gasteiger charge is -2.10. The minimum Gasteiger partial charge on any atom is -0.356 e. The molecule has 7 heteroatoms. The number of benzene rings is 2. The first kappa shape index (κ1) is 20.1. The third-order valence-electron chi connectivity index (χ3n) is 4.40. The van der Waals surface area contributed by atoms with E-state index in [-0.39, 0.29) is 11.7 Å². The minimum absolute atomic E-state index is 0.0125. The molecule has 5 nitrogen and oxygen atoms in total. The minimum atomic E-state index is -0.287. The third-order valence-corrected chi connectivity index (χ3v) is 5.03. The number of carbonyl (C=O) groups excluding carboxylic acids is 1. The van der Waals surface area contributed by atoms with Gasteiger partial charge in [-0.1, -0.05) is 41.6 Å². The maximum Gasteiger partial charge on any atom is 0.220 e. The summed E-state index contributed by atoms with van der Waals surface area (Å²) in [4.78, 5) is 12.1. The van der Waals surface area contributed by atoms with Gasteiger partial charge in [-0.15, -0.1) is 10.2 Å². The lowest BCUT2D eigenvalue weighted by Crippen LogP contribution is -2.26. The van der Waals surface area contributed by atoms with Crippen molar-refractivity contribution in [3.8, 4) is 5.69 Å². The molecular weight excluding hydrogens is 375 g/mol. The van der Waals surface area contributed by atoms with Gasteiger partial charge in [0, 0.05) is 25.1 Å². The Labute approximate surface area is 168 Å². The summed E-state index contributed by atoms with van der Waals surface area (Å²) in [6.45, 7) is 2.52. The molecule has 0 saturated carbocycles. The molecule has 0 bridgehead atoms. The third kappa shape index (κ3) is 5.19. The van der Waals surface area contributed by atoms with E-state index < -0.39 is 0 Å². The van der Waals surface area contributed by atoms with Crippen LogP contribution < -0.4 is 5.32 Å². The monoisotopic (exact) mass is 398 g/mol. The molecule has 0 aliphatic rings. The number of hydrogen-bond donors (Lipinski definition) is 1. The van der Waals surface area contributed by atoms with Gasteiger partial charge in [0.05, 0.1) is 0 Å². The Balaban J connectivity index is 1.56. The van der Waals surface area contributed by atoms with Gasteiger partial charge in [0.1, 0.15) is 11.6 Å². The number of hydrogen-bond acceptors (Lipinski definition) is 4. The van der Waals surface area contributed by atoms with Crippen LogP contribution in [0.2, 0.25) is 0 Å². The summed E-state index contributed by atoms with van der Waals surface area (Å²) < 4.78 is 15.1. The molecule has 0 unspecified atom stereocenters. The predicted octanol–water partition coefficient (Wildman–Crippen LogP) is 3.73. The van der Waals surface area contributed by atoms with Gasteiger partial charge >= 0.3 is 0 Å². The van der Waals surface area contributed by atoms with Gasteiger partial charge in [0.15, 0.2) is 5.16 Å². The molecule has 0 fully saturated rings. The van der Waals surface area contributed by atoms with Crippen LogP contribution >= 0.6 is 11.8 Å². The molecule has 0 aliphatic heterocycles. The van der Waals surface area contributed by atoms with E-state index in [9.17, 15) is 9.18 Å². The van der Waals surface area contributed by atoms with Crippen molar-refractivity contribution < 1.29 is 9.18 Å². The number of thioether (sulfide) groups is 1. The van der Waals surface area contributed by atoms with Crippen LogP contribution in [-0.2, 0) is 17.6 Å². The van der Waals surface area contributed by atoms with Gasteiger partial charge in [-0.25, -0.2) is 4.39 Å². The van der Waals surface area contributed by atoms with E-state index in [1.54, 1.807) is 12.1 Å². The normalized spacial score (nSPS) is 10.8. The van der Waals surface area contributed by atoms with E-state index in [4.69, 9.17) is 0 Å². The largest absolute Gasteiger partial charge is 0.356 e. The zero-order valence-corrected chi connectivity index (χ0v) is 16.8. The standard InChI is InChI=1S/C21H23FN4OS/c1-15-3-5-16(6-4-15)7-12-20(27)23-14-13-19-24-25-21(28-2)26(19)18-10-8-17(22)9-11-18/h3-6,8-11H,7,12-14H2,1-2H3,(H,23,27). The van der Waals surface area contributed by atoms with Crippen molar-refractivity contribution in [1.82, 2.24) is 20.1 Å². The molecule has 1 N–H and O–H groups in total. The number of halogens is 1. The molecule has 0 saturated heterocycles. The van der Waals surface area contributed by atoms with Crippen LogP contribution in [0.25, 0.3) is 5.69 Å². The molecular formula is C21H23FN4OS. The highest BCUT2D eigenvalue weighted by molar-refractivity contribution is 7.98. The van der Waals surface area contributed by atoms with Gasteiger partial charge in [-0.3, -0.25) is 9.36 Å². The maximum absolute atomic E-state index is 13.2. The molecule has 0 spiro atoms. The first-order valence-corrected chi connectivity index (χ1v) is 10.4. The van der Waals surface area contributed by atoms with Crippen LogP contribution in [0.5, 0.6) is 0 Å². The number of nitrogens with one attached hydrogen (secondary N) is 1. The Morgan fingerprint density at radius 1 is 1.07 bits per heavy atom. The summed E-state index contributed by atoms with van der Waals surface area (Å²) >= 11 is 1.47. The number of nitrogens with zero attached hydrogens (tertiary/aromatic N) is 3. The summed E-state index contributed by atoms with van der Waals surface area (Å²) in [6.07, 6.45) is 3.63. The van der Waals surface area contributed by atoms with E-state index in [0.717, 1.165) is 22.2 Å². The number of rotatable bonds is 8. The summed E-state index contributed by atoms with van der Waals surface area (Å²) in [5, 5.41) is 12.1. The molecule has 1 amide bonds. The van der Waals surface area contributed by atoms with Crippen molar-refractivity contribution >= 4 is 17.7 Å². The number of aryl methyl sites for hydroxylation is 2. The van der Waals surface area contributed by atoms with Gasteiger partial charge < -0.3 is 5.32 Å². The second-order valence-corrected chi connectivity index (χ2v) is 7.27. The lowest BCUT2D eigenvalue weighted by atomic mass is 10.1. The highest BCUT2D eigenvalue weighted by Gasteiger charge is 2.13. The fourth-order valence-corrected chi connectivity index (χ4v) is 3.37. The smallest absolute Gasteiger partial charge is 0.220 e. The Morgan fingerprint density at radius 2 is 1.79 bits per heavy atom. The lowest BCUT2D eigenvalue weighted by molar-refractivity contribution is -0.121. The number of carbonyl (C=O) groups is 1. The molecule has 1 aromatic heterocycles. The zero-order chi connectivity index (χ0) is 19.9. The van der Waals surface area contributed by atoms with Gasteiger partial charge in [-0.05, 0) is 49.4 Å². The highest BCUT2D eigenvalue weighted by atomic mass is 32.2. The predicted molar refractivity (Wildman–Crippen MR) is 109 cm³/mol. The van der Waals surface area contributed by atoms with Crippen LogP contribution in [0.4, 0.5) is 4.39 Å². The van der Waals surface area contributed by atoms with Gasteiger partial charge in [0.2, 0.25) is 5.91 Å². The molecule has 1 heterocycles. The average molecular weight is 399 g/mol. The van der Waals surface area contributed by atoms with E-state index in [2.05, 4.69) is 39.8 Å². The van der Waals surface area contributed by atoms with Crippen LogP contribution in [0.15, 0.2) is 53.7 Å². The second-order valence-electron chi connectivity index (χ2n) is 6.50. The number of aromatic nitrogens is 3. The molecule has 3 aromatic rings. The van der Waals surface area contributed by atoms with E-state index >= 15 is 0 Å². The summed E-state index contributed by atoms with van der Waals surface area (Å²) in [6, 6.07) is 14.4. The average Bonchev–Trinajstić information content (AvgIpc) is 3.11. The van der Waals surface area contributed by atoms with Crippen molar-refractivity contribution in [3.05, 3.63) is 71.3 Å². The van der Waals surface area contributed by atoms with E-state index in [1.807, 2.05) is 17.7 Å². The summed E-state index contributed by atoms with van der Waals surface area (Å²) in [5.41, 5.74) is 3.17. The van der Waals surface area contributed by atoms with Gasteiger partial charge in [0.25, 0.3) is 0 Å². The SMILES string of the molecule is CSc1nnc(CCNC(=O)CCc2ccc(C)cc2)n1-c1ccc(F)cc1. The van der Waals surface area contributed by atoms with Crippen LogP contribution in [0.1, 0.15) is 23.4 Å². The van der Waals surface area contributed by atoms with E-state index in [1.165, 1.54) is 29.5 Å². The van der Waals surface area contributed by atoms with Crippen LogP contribution in [0, 0.1) is 12.7 Å². The van der Waals surface area contributed by atoms with E-state index in [0.29, 0.717) is 25.8 Å². The van der Waals surface area contributed by atoms with Crippen molar-refractivity contribution in [2.24, 2.45) is 0 Å². The fourth-order valence-electron chi connectivity index (χ4n) is 2.86. The molecule has 0 atom stereocenters. The molecule has 2 aromatic carbocycles. The zero-order valence-electron chi connectivity index (χ0n) is 16.0. The van der Waals surface area contributed by atoms with Crippen molar-refractivity contribution in [1.29, 1.82) is 0 Å². The summed E-state index contributed by atoms with van der Waals surface area (Å²) in [5.74, 6) is 0.457. The number of amides is 1. The van der Waals surface area contributed by atoms with Gasteiger partial charge in [-0.2, -0.15) is 0 Å². The van der Waals surface area contributed by atoms with Crippen molar-refractivity contribution in [3.63, 3.8) is 0 Å². The van der Waals surface area contributed by atoms with Crippen LogP contribution in [0.3, 0.4) is 0 Å². The fraction of sp³-hybridized carbons (Fsp3) is 0.286. The second kappa shape index (κ2) is 9.50.